The topological polar surface area (TPSA) is 79.7 Å². The summed E-state index contributed by atoms with van der Waals surface area (Å²) in [5.41, 5.74) is 1.24. The van der Waals surface area contributed by atoms with Gasteiger partial charge in [0.15, 0.2) is 5.69 Å². The van der Waals surface area contributed by atoms with Gasteiger partial charge in [-0.2, -0.15) is 28.6 Å². The van der Waals surface area contributed by atoms with Gasteiger partial charge in [0.25, 0.3) is 5.91 Å². The molecular weight excluding hydrogens is 513 g/mol. The maximum absolute atomic E-state index is 14.0. The largest absolute Gasteiger partial charge is 0.435 e. The van der Waals surface area contributed by atoms with Crippen molar-refractivity contribution in [3.05, 3.63) is 93.7 Å². The first kappa shape index (κ1) is 25.5. The van der Waals surface area contributed by atoms with Gasteiger partial charge in [-0.15, -0.1) is 11.3 Å². The molecule has 0 radical (unpaired) electrons. The molecule has 0 spiro atoms. The fourth-order valence-corrected chi connectivity index (χ4v) is 5.85. The van der Waals surface area contributed by atoms with Crippen molar-refractivity contribution in [2.75, 3.05) is 6.54 Å². The molecule has 1 aliphatic rings. The van der Waals surface area contributed by atoms with Gasteiger partial charge in [-0.25, -0.2) is 0 Å². The first-order valence-electron chi connectivity index (χ1n) is 11.9. The van der Waals surface area contributed by atoms with Crippen molar-refractivity contribution in [1.29, 1.82) is 5.26 Å². The minimum Gasteiger partial charge on any atom is -0.333 e. The number of carbonyl (C=O) groups excluding carboxylic acids is 1. The van der Waals surface area contributed by atoms with E-state index in [1.54, 1.807) is 65.3 Å². The lowest BCUT2D eigenvalue weighted by Crippen LogP contribution is -2.39. The van der Waals surface area contributed by atoms with Crippen LogP contribution in [0.3, 0.4) is 0 Å². The lowest BCUT2D eigenvalue weighted by molar-refractivity contribution is -0.141. The molecule has 7 nitrogen and oxygen atoms in total. The lowest BCUT2D eigenvalue weighted by atomic mass is 9.83. The predicted molar refractivity (Wildman–Crippen MR) is 136 cm³/mol. The summed E-state index contributed by atoms with van der Waals surface area (Å²) >= 11 is 1.29. The Morgan fingerprint density at radius 1 is 1.21 bits per heavy atom. The molecule has 4 heterocycles. The first-order valence-corrected chi connectivity index (χ1v) is 12.7. The number of hydrogen-bond acceptors (Lipinski definition) is 5. The Morgan fingerprint density at radius 3 is 2.68 bits per heavy atom. The summed E-state index contributed by atoms with van der Waals surface area (Å²) in [6.45, 7) is 6.71. The zero-order valence-electron chi connectivity index (χ0n) is 20.4. The molecule has 11 heteroatoms. The van der Waals surface area contributed by atoms with E-state index in [0.717, 1.165) is 10.4 Å². The molecule has 0 saturated heterocycles. The molecule has 1 atom stereocenters. The number of aromatic nitrogens is 4. The Kier molecular flexibility index (Phi) is 6.67. The lowest BCUT2D eigenvalue weighted by Gasteiger charge is -2.34. The molecule has 194 valence electrons. The maximum Gasteiger partial charge on any atom is 0.435 e. The van der Waals surface area contributed by atoms with E-state index < -0.39 is 17.8 Å². The minimum atomic E-state index is -4.64. The van der Waals surface area contributed by atoms with Gasteiger partial charge >= 0.3 is 6.18 Å². The number of aryl methyl sites for hydroxylation is 1. The van der Waals surface area contributed by atoms with Crippen LogP contribution in [0, 0.1) is 11.3 Å². The highest BCUT2D eigenvalue weighted by Crippen LogP contribution is 2.44. The van der Waals surface area contributed by atoms with Crippen molar-refractivity contribution in [3.8, 4) is 17.2 Å². The molecule has 1 aliphatic heterocycles. The van der Waals surface area contributed by atoms with Gasteiger partial charge in [0, 0.05) is 53.6 Å². The van der Waals surface area contributed by atoms with Crippen molar-refractivity contribution in [2.45, 2.75) is 38.7 Å². The number of nitrogens with zero attached hydrogens (tertiary/aromatic N) is 6. The summed E-state index contributed by atoms with van der Waals surface area (Å²) in [7, 11) is 0. The molecule has 3 aromatic heterocycles. The third-order valence-electron chi connectivity index (χ3n) is 6.55. The van der Waals surface area contributed by atoms with Crippen LogP contribution in [0.15, 0.2) is 67.1 Å². The zero-order valence-corrected chi connectivity index (χ0v) is 21.3. The minimum absolute atomic E-state index is 0.0150. The van der Waals surface area contributed by atoms with E-state index in [2.05, 4.69) is 22.8 Å². The summed E-state index contributed by atoms with van der Waals surface area (Å²) in [5, 5.41) is 17.5. The summed E-state index contributed by atoms with van der Waals surface area (Å²) in [4.78, 5) is 16.4. The van der Waals surface area contributed by atoms with Gasteiger partial charge in [0.05, 0.1) is 13.1 Å². The van der Waals surface area contributed by atoms with E-state index in [1.165, 1.54) is 22.2 Å². The molecule has 0 bridgehead atoms. The molecule has 4 aromatic rings. The third kappa shape index (κ3) is 4.75. The normalized spacial score (nSPS) is 15.2. The van der Waals surface area contributed by atoms with Crippen molar-refractivity contribution in [3.63, 3.8) is 0 Å². The Bertz CT molecular complexity index is 1540. The Hall–Kier alpha value is -4.17. The zero-order chi connectivity index (χ0) is 27.0. The second-order valence-electron chi connectivity index (χ2n) is 8.98. The second-order valence-corrected chi connectivity index (χ2v) is 10.1. The van der Waals surface area contributed by atoms with E-state index in [1.807, 2.05) is 0 Å². The van der Waals surface area contributed by atoms with Crippen LogP contribution in [0.1, 0.15) is 39.4 Å². The van der Waals surface area contributed by atoms with Crippen LogP contribution in [0.4, 0.5) is 13.2 Å². The molecule has 0 fully saturated rings. The molecule has 1 amide bonds. The number of nitriles is 1. The van der Waals surface area contributed by atoms with Gasteiger partial charge in [0.1, 0.15) is 10.9 Å². The van der Waals surface area contributed by atoms with E-state index in [-0.39, 0.29) is 31.1 Å². The SMILES string of the molecule is C=C(Cn1cccn1)C(=O)N1Cc2sc(C#N)cc2[C@H](c2ccccc2-c2cn(CC)nc2C(F)(F)F)C1. The van der Waals surface area contributed by atoms with Crippen molar-refractivity contribution < 1.29 is 18.0 Å². The molecule has 5 rings (SSSR count). The van der Waals surface area contributed by atoms with Crippen LogP contribution in [0.25, 0.3) is 11.1 Å². The standard InChI is InChI=1S/C27H23F3N6OS/c1-3-35-15-23(25(33-35)27(28,29)30)20-8-5-4-7-19(20)22-14-34(16-24-21(22)11-18(12-31)38-24)26(37)17(2)13-36-10-6-9-32-36/h4-11,15,22H,2-3,13-14,16H2,1H3/t22-/m0/s1. The summed E-state index contributed by atoms with van der Waals surface area (Å²) < 4.78 is 44.8. The number of amides is 1. The van der Waals surface area contributed by atoms with Crippen molar-refractivity contribution in [1.82, 2.24) is 24.5 Å². The van der Waals surface area contributed by atoms with Crippen LogP contribution in [0.2, 0.25) is 0 Å². The quantitative estimate of drug-likeness (QED) is 0.307. The molecular formula is C27H23F3N6OS. The number of alkyl halides is 3. The Labute approximate surface area is 221 Å². The monoisotopic (exact) mass is 536 g/mol. The molecule has 0 unspecified atom stereocenters. The Morgan fingerprint density at radius 2 is 2.00 bits per heavy atom. The maximum atomic E-state index is 14.0. The summed E-state index contributed by atoms with van der Waals surface area (Å²) in [6.07, 6.45) is 0.125. The fraction of sp³-hybridized carbons (Fsp3) is 0.259. The number of thiophene rings is 1. The van der Waals surface area contributed by atoms with Gasteiger partial charge in [0.2, 0.25) is 0 Å². The number of benzene rings is 1. The highest BCUT2D eigenvalue weighted by molar-refractivity contribution is 7.12. The number of carbonyl (C=O) groups is 1. The van der Waals surface area contributed by atoms with Crippen LogP contribution >= 0.6 is 11.3 Å². The van der Waals surface area contributed by atoms with Gasteiger partial charge in [-0.05, 0) is 35.7 Å². The van der Waals surface area contributed by atoms with Crippen LogP contribution in [-0.4, -0.2) is 36.9 Å². The summed E-state index contributed by atoms with van der Waals surface area (Å²) in [5.74, 6) is -0.712. The smallest absolute Gasteiger partial charge is 0.333 e. The van der Waals surface area contributed by atoms with Gasteiger partial charge in [-0.1, -0.05) is 30.8 Å². The second kappa shape index (κ2) is 9.95. The van der Waals surface area contributed by atoms with Crippen molar-refractivity contribution in [2.24, 2.45) is 0 Å². The number of halogens is 3. The first-order chi connectivity index (χ1) is 18.2. The predicted octanol–water partition coefficient (Wildman–Crippen LogP) is 5.45. The molecule has 1 aromatic carbocycles. The number of rotatable bonds is 6. The van der Waals surface area contributed by atoms with Crippen LogP contribution in [0.5, 0.6) is 0 Å². The molecule has 0 aliphatic carbocycles. The van der Waals surface area contributed by atoms with E-state index in [9.17, 15) is 23.2 Å². The fourth-order valence-electron chi connectivity index (χ4n) is 4.81. The van der Waals surface area contributed by atoms with Gasteiger partial charge in [-0.3, -0.25) is 14.2 Å². The summed E-state index contributed by atoms with van der Waals surface area (Å²) in [6, 6.07) is 12.6. The average Bonchev–Trinajstić information content (AvgIpc) is 3.66. The number of hydrogen-bond donors (Lipinski definition) is 0. The van der Waals surface area contributed by atoms with E-state index in [4.69, 9.17) is 0 Å². The van der Waals surface area contributed by atoms with E-state index >= 15 is 0 Å². The molecule has 0 saturated carbocycles. The van der Waals surface area contributed by atoms with E-state index in [0.29, 0.717) is 28.1 Å². The van der Waals surface area contributed by atoms with Crippen LogP contribution in [-0.2, 0) is 30.6 Å². The highest BCUT2D eigenvalue weighted by Gasteiger charge is 2.39. The van der Waals surface area contributed by atoms with Crippen LogP contribution < -0.4 is 0 Å². The van der Waals surface area contributed by atoms with Gasteiger partial charge < -0.3 is 4.90 Å². The van der Waals surface area contributed by atoms with Crippen molar-refractivity contribution >= 4 is 17.2 Å². The highest BCUT2D eigenvalue weighted by atomic mass is 32.1. The average molecular weight is 537 g/mol. The molecule has 38 heavy (non-hydrogen) atoms. The third-order valence-corrected chi connectivity index (χ3v) is 7.59. The number of fused-ring (bicyclic) bond motifs is 1. The Balaban J connectivity index is 1.58. The molecule has 0 N–H and O–H groups in total.